The van der Waals surface area contributed by atoms with Gasteiger partial charge in [-0.25, -0.2) is 0 Å². The topological polar surface area (TPSA) is 0 Å². The second-order valence-electron chi connectivity index (χ2n) is 18.3. The highest BCUT2D eigenvalue weighted by atomic mass is 15.3. The van der Waals surface area contributed by atoms with Crippen LogP contribution in [0.2, 0.25) is 6.32 Å². The van der Waals surface area contributed by atoms with E-state index in [2.05, 4.69) is 165 Å². The molecule has 0 aliphatic rings. The van der Waals surface area contributed by atoms with Gasteiger partial charge in [-0.05, 0) is 79.3 Å². The minimum atomic E-state index is -1.32. The minimum absolute atomic E-state index is 1.14. The maximum atomic E-state index is 2.48. The van der Waals surface area contributed by atoms with E-state index in [-0.39, 0.29) is 0 Å². The molecule has 0 radical (unpaired) electrons. The molecule has 6 aromatic rings. The number of hydrogen-bond acceptors (Lipinski definition) is 0. The summed E-state index contributed by atoms with van der Waals surface area (Å²) < 4.78 is 1.42. The van der Waals surface area contributed by atoms with Crippen molar-refractivity contribution in [2.24, 2.45) is 0 Å². The van der Waals surface area contributed by atoms with Gasteiger partial charge in [-0.3, -0.25) is 0 Å². The molecule has 0 amide bonds. The molecule has 0 aliphatic heterocycles. The Morgan fingerprint density at radius 1 is 0.322 bits per heavy atom. The first-order chi connectivity index (χ1) is 28.8. The van der Waals surface area contributed by atoms with Crippen molar-refractivity contribution in [2.75, 3.05) is 26.2 Å². The van der Waals surface area contributed by atoms with Crippen molar-refractivity contribution >= 4 is 54.9 Å². The van der Waals surface area contributed by atoms with Crippen molar-refractivity contribution in [1.82, 2.24) is 0 Å². The van der Waals surface area contributed by atoms with E-state index in [0.717, 1.165) is 6.32 Å². The van der Waals surface area contributed by atoms with Gasteiger partial charge in [-0.1, -0.05) is 224 Å². The zero-order valence-corrected chi connectivity index (χ0v) is 38.9. The van der Waals surface area contributed by atoms with Crippen LogP contribution in [0.3, 0.4) is 0 Å². The zero-order chi connectivity index (χ0) is 42.1. The van der Waals surface area contributed by atoms with Crippen LogP contribution in [0.4, 0.5) is 0 Å². The molecule has 0 aromatic heterocycles. The largest absolute Gasteiger partial charge is 0.324 e. The quantitative estimate of drug-likeness (QED) is 0.0365. The van der Waals surface area contributed by atoms with Gasteiger partial charge in [0.15, 0.2) is 0 Å². The van der Waals surface area contributed by atoms with E-state index in [0.29, 0.717) is 0 Å². The van der Waals surface area contributed by atoms with Crippen molar-refractivity contribution in [3.63, 3.8) is 0 Å². The molecule has 0 unspecified atom stereocenters. The summed E-state index contributed by atoms with van der Waals surface area (Å²) in [5.41, 5.74) is 8.52. The number of hydrogen-bond donors (Lipinski definition) is 0. The first-order valence-corrected chi connectivity index (χ1v) is 24.3. The standard InChI is InChI=1S/C41H44B.C16H36N/c1-5-6-7-8-9-16-29-42(39-26-23-30(2)33-17-10-13-20-36(33)39,40-27-24-31(3)34-18-11-14-21-37(34)40)41-28-25-32(4)35-19-12-15-22-38(35)41;1-5-9-13-17(14-10-6-2,15-11-7-3)16-12-8-4/h10-15,17-28H,5-9,16,29H2,1-4H3;5-16H2,1-4H3/q-1;+1. The first-order valence-electron chi connectivity index (χ1n) is 24.3. The van der Waals surface area contributed by atoms with E-state index >= 15 is 0 Å². The van der Waals surface area contributed by atoms with E-state index in [1.54, 1.807) is 0 Å². The number of benzene rings is 6. The fourth-order valence-corrected chi connectivity index (χ4v) is 10.6. The van der Waals surface area contributed by atoms with Crippen molar-refractivity contribution in [3.05, 3.63) is 126 Å². The molecule has 0 atom stereocenters. The van der Waals surface area contributed by atoms with Gasteiger partial charge in [-0.2, -0.15) is 22.7 Å². The smallest absolute Gasteiger partial charge is 0.0837 e. The highest BCUT2D eigenvalue weighted by Gasteiger charge is 2.34. The molecule has 316 valence electrons. The van der Waals surface area contributed by atoms with Crippen LogP contribution in [0.15, 0.2) is 109 Å². The second kappa shape index (κ2) is 23.2. The summed E-state index contributed by atoms with van der Waals surface area (Å²) in [5, 5.41) is 8.32. The number of quaternary nitrogens is 1. The number of rotatable bonds is 22. The fraction of sp³-hybridized carbons (Fsp3) is 0.474. The van der Waals surface area contributed by atoms with E-state index in [1.807, 2.05) is 0 Å². The van der Waals surface area contributed by atoms with E-state index in [1.165, 1.54) is 186 Å². The molecule has 0 fully saturated rings. The Morgan fingerprint density at radius 3 is 0.932 bits per heavy atom. The van der Waals surface area contributed by atoms with Crippen LogP contribution in [0.25, 0.3) is 32.3 Å². The Morgan fingerprint density at radius 2 is 0.610 bits per heavy atom. The molecular formula is C57H80BN. The molecule has 6 rings (SSSR count). The Bertz CT molecular complexity index is 1930. The van der Waals surface area contributed by atoms with Gasteiger partial charge in [0.05, 0.1) is 32.3 Å². The van der Waals surface area contributed by atoms with Crippen LogP contribution in [0.5, 0.6) is 0 Å². The molecule has 0 saturated carbocycles. The summed E-state index contributed by atoms with van der Waals surface area (Å²) >= 11 is 0. The lowest BCUT2D eigenvalue weighted by molar-refractivity contribution is -0.929. The van der Waals surface area contributed by atoms with Gasteiger partial charge in [0.1, 0.15) is 0 Å². The molecule has 2 heteroatoms. The Hall–Kier alpha value is -3.88. The lowest BCUT2D eigenvalue weighted by Gasteiger charge is -2.46. The SMILES string of the molecule is CCCCCCCC[B-](c1ccc(C)c2ccccc12)(c1ccc(C)c2ccccc12)c1ccc(C)c2ccccc12.CCCC[N+](CCCC)(CCCC)CCCC. The van der Waals surface area contributed by atoms with E-state index in [4.69, 9.17) is 0 Å². The normalized spacial score (nSPS) is 12.0. The Balaban J connectivity index is 0.000000330. The van der Waals surface area contributed by atoms with Crippen molar-refractivity contribution in [2.45, 2.75) is 152 Å². The van der Waals surface area contributed by atoms with Crippen LogP contribution in [0.1, 0.15) is 141 Å². The molecule has 0 bridgehead atoms. The summed E-state index contributed by atoms with van der Waals surface area (Å²) in [6.07, 6.45) is 18.7. The molecule has 0 aliphatic carbocycles. The fourth-order valence-electron chi connectivity index (χ4n) is 10.6. The summed E-state index contributed by atoms with van der Waals surface area (Å²) in [6, 6.07) is 42.0. The van der Waals surface area contributed by atoms with Crippen LogP contribution < -0.4 is 16.4 Å². The number of fused-ring (bicyclic) bond motifs is 3. The van der Waals surface area contributed by atoms with Crippen LogP contribution in [0, 0.1) is 20.8 Å². The monoisotopic (exact) mass is 790 g/mol. The van der Waals surface area contributed by atoms with Gasteiger partial charge >= 0.3 is 0 Å². The third-order valence-electron chi connectivity index (χ3n) is 14.1. The summed E-state index contributed by atoms with van der Waals surface area (Å²) in [4.78, 5) is 0. The molecule has 0 N–H and O–H groups in total. The van der Waals surface area contributed by atoms with Gasteiger partial charge in [-0.15, -0.1) is 0 Å². The minimum Gasteiger partial charge on any atom is -0.324 e. The zero-order valence-electron chi connectivity index (χ0n) is 38.9. The summed E-state index contributed by atoms with van der Waals surface area (Å²) in [6.45, 7) is 24.1. The average Bonchev–Trinajstić information content (AvgIpc) is 3.27. The molecule has 1 nitrogen and oxygen atoms in total. The molecule has 59 heavy (non-hydrogen) atoms. The van der Waals surface area contributed by atoms with Crippen LogP contribution in [-0.2, 0) is 0 Å². The van der Waals surface area contributed by atoms with Gasteiger partial charge < -0.3 is 4.48 Å². The highest BCUT2D eigenvalue weighted by molar-refractivity contribution is 7.14. The maximum absolute atomic E-state index is 2.48. The first kappa shape index (κ1) is 46.2. The molecule has 0 spiro atoms. The Labute approximate surface area is 361 Å². The molecule has 6 aromatic carbocycles. The van der Waals surface area contributed by atoms with Crippen LogP contribution in [-0.4, -0.2) is 36.8 Å². The maximum Gasteiger partial charge on any atom is 0.0837 e. The van der Waals surface area contributed by atoms with E-state index < -0.39 is 6.15 Å². The second-order valence-corrected chi connectivity index (χ2v) is 18.3. The average molecular weight is 790 g/mol. The third-order valence-corrected chi connectivity index (χ3v) is 14.1. The summed E-state index contributed by atoms with van der Waals surface area (Å²) in [7, 11) is 0. The molecule has 0 saturated heterocycles. The lowest BCUT2D eigenvalue weighted by atomic mass is 9.13. The Kier molecular flexibility index (Phi) is 18.2. The van der Waals surface area contributed by atoms with Gasteiger partial charge in [0, 0.05) is 0 Å². The van der Waals surface area contributed by atoms with Gasteiger partial charge in [0.2, 0.25) is 0 Å². The van der Waals surface area contributed by atoms with Crippen molar-refractivity contribution in [3.8, 4) is 0 Å². The van der Waals surface area contributed by atoms with E-state index in [9.17, 15) is 0 Å². The molecular weight excluding hydrogens is 709 g/mol. The highest BCUT2D eigenvalue weighted by Crippen LogP contribution is 2.30. The summed E-state index contributed by atoms with van der Waals surface area (Å²) in [5.74, 6) is 0. The van der Waals surface area contributed by atoms with Crippen molar-refractivity contribution in [1.29, 1.82) is 0 Å². The van der Waals surface area contributed by atoms with Crippen molar-refractivity contribution < 1.29 is 4.48 Å². The predicted octanol–water partition coefficient (Wildman–Crippen LogP) is 14.9. The lowest BCUT2D eigenvalue weighted by Crippen LogP contribution is -2.67. The number of unbranched alkanes of at least 4 members (excludes halogenated alkanes) is 9. The molecule has 0 heterocycles. The number of nitrogens with zero attached hydrogens (tertiary/aromatic N) is 1. The van der Waals surface area contributed by atoms with Crippen LogP contribution >= 0.6 is 0 Å². The number of aryl methyl sites for hydroxylation is 3. The van der Waals surface area contributed by atoms with Gasteiger partial charge in [0.25, 0.3) is 0 Å². The predicted molar refractivity (Wildman–Crippen MR) is 268 cm³/mol. The third kappa shape index (κ3) is 11.1.